The molecule has 2 heterocycles. The fraction of sp³-hybridized carbons (Fsp3) is 0.545. The summed E-state index contributed by atoms with van der Waals surface area (Å²) in [6.45, 7) is -0.475. The van der Waals surface area contributed by atoms with Crippen LogP contribution in [-0.4, -0.2) is 56.7 Å². The summed E-state index contributed by atoms with van der Waals surface area (Å²) in [5.74, 6) is 0. The lowest BCUT2D eigenvalue weighted by Gasteiger charge is -2.40. The maximum atomic E-state index is 10.2. The van der Waals surface area contributed by atoms with Gasteiger partial charge in [0, 0.05) is 16.0 Å². The highest BCUT2D eigenvalue weighted by Gasteiger charge is 2.44. The molecular formula is C11H12BrClN4O4S. The van der Waals surface area contributed by atoms with Crippen LogP contribution in [0.25, 0.3) is 10.4 Å². The maximum absolute atomic E-state index is 10.2. The van der Waals surface area contributed by atoms with Gasteiger partial charge in [-0.05, 0) is 27.5 Å². The van der Waals surface area contributed by atoms with Crippen LogP contribution in [0.3, 0.4) is 0 Å². The van der Waals surface area contributed by atoms with E-state index in [0.29, 0.717) is 14.5 Å². The van der Waals surface area contributed by atoms with Crippen molar-refractivity contribution in [1.29, 1.82) is 0 Å². The number of halogens is 2. The highest BCUT2D eigenvalue weighted by Crippen LogP contribution is 2.37. The quantitative estimate of drug-likeness (QED) is 0.299. The van der Waals surface area contributed by atoms with Crippen LogP contribution in [0.2, 0.25) is 5.02 Å². The zero-order valence-electron chi connectivity index (χ0n) is 11.0. The van der Waals surface area contributed by atoms with Crippen molar-refractivity contribution in [3.05, 3.63) is 32.3 Å². The molecule has 1 saturated heterocycles. The van der Waals surface area contributed by atoms with Crippen molar-refractivity contribution in [2.45, 2.75) is 34.7 Å². The topological polar surface area (TPSA) is 132 Å². The van der Waals surface area contributed by atoms with Crippen molar-refractivity contribution < 1.29 is 20.1 Å². The second kappa shape index (κ2) is 7.80. The largest absolute Gasteiger partial charge is 0.394 e. The highest BCUT2D eigenvalue weighted by molar-refractivity contribution is 9.10. The Morgan fingerprint density at radius 1 is 1.50 bits per heavy atom. The van der Waals surface area contributed by atoms with Crippen LogP contribution in [0.1, 0.15) is 0 Å². The maximum Gasteiger partial charge on any atom is 0.134 e. The summed E-state index contributed by atoms with van der Waals surface area (Å²) in [4.78, 5) is 7.24. The van der Waals surface area contributed by atoms with Gasteiger partial charge in [0.2, 0.25) is 0 Å². The van der Waals surface area contributed by atoms with Crippen molar-refractivity contribution in [2.24, 2.45) is 5.11 Å². The van der Waals surface area contributed by atoms with Crippen LogP contribution in [0.5, 0.6) is 0 Å². The van der Waals surface area contributed by atoms with Crippen LogP contribution >= 0.6 is 39.3 Å². The fourth-order valence-corrected chi connectivity index (χ4v) is 3.79. The van der Waals surface area contributed by atoms with E-state index in [1.807, 2.05) is 0 Å². The molecule has 11 heteroatoms. The summed E-state index contributed by atoms with van der Waals surface area (Å²) in [5, 5.41) is 33.3. The lowest BCUT2D eigenvalue weighted by molar-refractivity contribution is -0.159. The van der Waals surface area contributed by atoms with E-state index >= 15 is 0 Å². The van der Waals surface area contributed by atoms with E-state index < -0.39 is 36.4 Å². The lowest BCUT2D eigenvalue weighted by atomic mass is 9.98. The molecule has 120 valence electrons. The molecule has 1 aromatic rings. The van der Waals surface area contributed by atoms with Crippen LogP contribution in [0.15, 0.2) is 26.9 Å². The minimum absolute atomic E-state index is 0.404. The third kappa shape index (κ3) is 3.84. The molecule has 8 nitrogen and oxygen atoms in total. The number of aliphatic hydroxyl groups is 3. The molecule has 1 aromatic heterocycles. The Morgan fingerprint density at radius 2 is 2.23 bits per heavy atom. The van der Waals surface area contributed by atoms with Gasteiger partial charge in [0.25, 0.3) is 0 Å². The van der Waals surface area contributed by atoms with E-state index in [1.165, 1.54) is 6.20 Å². The van der Waals surface area contributed by atoms with Crippen LogP contribution in [0, 0.1) is 0 Å². The van der Waals surface area contributed by atoms with Crippen molar-refractivity contribution in [3.63, 3.8) is 0 Å². The molecule has 0 unspecified atom stereocenters. The molecule has 0 aromatic carbocycles. The molecule has 1 aliphatic rings. The van der Waals surface area contributed by atoms with Gasteiger partial charge in [-0.25, -0.2) is 4.98 Å². The monoisotopic (exact) mass is 410 g/mol. The number of hydrogen-bond acceptors (Lipinski definition) is 7. The highest BCUT2D eigenvalue weighted by atomic mass is 79.9. The van der Waals surface area contributed by atoms with E-state index in [-0.39, 0.29) is 0 Å². The number of hydrogen-bond donors (Lipinski definition) is 3. The van der Waals surface area contributed by atoms with Crippen molar-refractivity contribution in [1.82, 2.24) is 4.98 Å². The van der Waals surface area contributed by atoms with Crippen molar-refractivity contribution in [3.8, 4) is 0 Å². The fourth-order valence-electron chi connectivity index (χ4n) is 1.97. The van der Waals surface area contributed by atoms with Gasteiger partial charge in [0.15, 0.2) is 0 Å². The Morgan fingerprint density at radius 3 is 2.86 bits per heavy atom. The molecule has 3 N–H and O–H groups in total. The third-order valence-corrected chi connectivity index (χ3v) is 5.34. The van der Waals surface area contributed by atoms with Crippen molar-refractivity contribution >= 4 is 39.3 Å². The number of pyridine rings is 1. The first-order valence-electron chi connectivity index (χ1n) is 6.12. The SMILES string of the molecule is [N-]=[N+]=N[C@@H]1[C@@H](O)[C@@H](Sc2cc(Cl)cnc2Br)O[C@H](CO)[C@@H]1O. The second-order valence-corrected chi connectivity index (χ2v) is 6.79. The van der Waals surface area contributed by atoms with Crippen LogP contribution in [-0.2, 0) is 4.74 Å². The number of aromatic nitrogens is 1. The molecular weight excluding hydrogens is 400 g/mol. The summed E-state index contributed by atoms with van der Waals surface area (Å²) in [6, 6.07) is 0.500. The lowest BCUT2D eigenvalue weighted by Crippen LogP contribution is -2.56. The predicted octanol–water partition coefficient (Wildman–Crippen LogP) is 1.71. The van der Waals surface area contributed by atoms with Gasteiger partial charge < -0.3 is 20.1 Å². The van der Waals surface area contributed by atoms with E-state index in [1.54, 1.807) is 6.07 Å². The Balaban J connectivity index is 2.25. The molecule has 22 heavy (non-hydrogen) atoms. The van der Waals surface area contributed by atoms with Gasteiger partial charge in [0.1, 0.15) is 22.2 Å². The number of aliphatic hydroxyl groups excluding tert-OH is 3. The first-order valence-corrected chi connectivity index (χ1v) is 8.17. The van der Waals surface area contributed by atoms with Gasteiger partial charge in [0.05, 0.1) is 23.8 Å². The van der Waals surface area contributed by atoms with E-state index in [4.69, 9.17) is 21.9 Å². The molecule has 2 rings (SSSR count). The summed E-state index contributed by atoms with van der Waals surface area (Å²) in [5.41, 5.74) is 7.69. The van der Waals surface area contributed by atoms with Crippen LogP contribution in [0.4, 0.5) is 0 Å². The average Bonchev–Trinajstić information content (AvgIpc) is 2.50. The third-order valence-electron chi connectivity index (χ3n) is 3.05. The molecule has 0 spiro atoms. The van der Waals surface area contributed by atoms with Crippen LogP contribution < -0.4 is 0 Å². The zero-order chi connectivity index (χ0) is 16.3. The van der Waals surface area contributed by atoms with Gasteiger partial charge in [-0.3, -0.25) is 0 Å². The Hall–Kier alpha value is -0.580. The molecule has 1 aliphatic heterocycles. The molecule has 0 saturated carbocycles. The second-order valence-electron chi connectivity index (χ2n) is 4.46. The average molecular weight is 412 g/mol. The molecule has 1 fully saturated rings. The number of nitrogens with zero attached hydrogens (tertiary/aromatic N) is 4. The smallest absolute Gasteiger partial charge is 0.134 e. The summed E-state index contributed by atoms with van der Waals surface area (Å²) in [6.07, 6.45) is -2.07. The molecule has 0 radical (unpaired) electrons. The first kappa shape index (κ1) is 17.8. The van der Waals surface area contributed by atoms with Gasteiger partial charge in [-0.1, -0.05) is 28.5 Å². The van der Waals surface area contributed by atoms with Gasteiger partial charge in [-0.15, -0.1) is 0 Å². The number of azide groups is 1. The summed E-state index contributed by atoms with van der Waals surface area (Å²) in [7, 11) is 0. The normalized spacial score (nSPS) is 31.6. The molecule has 5 atom stereocenters. The Labute approximate surface area is 143 Å². The molecule has 0 aliphatic carbocycles. The molecule has 0 bridgehead atoms. The minimum Gasteiger partial charge on any atom is -0.394 e. The number of ether oxygens (including phenoxy) is 1. The number of thioether (sulfide) groups is 1. The Bertz CT molecular complexity index is 591. The standard InChI is InChI=1S/C11H12BrClN4O4S/c12-10-6(1-4(13)2-15-10)22-11-9(20)7(16-17-14)8(19)5(3-18)21-11/h1-2,5,7-9,11,18-20H,3H2/t5-,7+,8+,9-,11-/m1/s1. The van der Waals surface area contributed by atoms with E-state index in [2.05, 4.69) is 30.9 Å². The number of rotatable bonds is 4. The Kier molecular flexibility index (Phi) is 6.30. The van der Waals surface area contributed by atoms with Gasteiger partial charge in [-0.2, -0.15) is 0 Å². The van der Waals surface area contributed by atoms with Gasteiger partial charge >= 0.3 is 0 Å². The zero-order valence-corrected chi connectivity index (χ0v) is 14.1. The van der Waals surface area contributed by atoms with E-state index in [9.17, 15) is 15.3 Å². The van der Waals surface area contributed by atoms with Crippen molar-refractivity contribution in [2.75, 3.05) is 6.61 Å². The summed E-state index contributed by atoms with van der Waals surface area (Å²) < 4.78 is 5.98. The minimum atomic E-state index is -1.30. The predicted molar refractivity (Wildman–Crippen MR) is 83.5 cm³/mol. The summed E-state index contributed by atoms with van der Waals surface area (Å²) >= 11 is 10.2. The molecule has 0 amide bonds. The van der Waals surface area contributed by atoms with E-state index in [0.717, 1.165) is 11.8 Å². The first-order chi connectivity index (χ1) is 10.5.